The van der Waals surface area contributed by atoms with Crippen molar-refractivity contribution in [3.8, 4) is 0 Å². The molecule has 0 bridgehead atoms. The van der Waals surface area contributed by atoms with E-state index in [4.69, 9.17) is 5.11 Å². The predicted molar refractivity (Wildman–Crippen MR) is 63.2 cm³/mol. The van der Waals surface area contributed by atoms with Gasteiger partial charge in [-0.1, -0.05) is 13.8 Å². The van der Waals surface area contributed by atoms with Crippen LogP contribution in [0.1, 0.15) is 35.9 Å². The van der Waals surface area contributed by atoms with Crippen molar-refractivity contribution in [2.45, 2.75) is 27.2 Å². The van der Waals surface area contributed by atoms with Gasteiger partial charge in [-0.3, -0.25) is 4.40 Å². The van der Waals surface area contributed by atoms with Crippen LogP contribution in [0.3, 0.4) is 0 Å². The number of imidazole rings is 1. The number of aromatic nitrogens is 3. The molecule has 2 heterocycles. The molecule has 0 aliphatic rings. The zero-order chi connectivity index (χ0) is 12.6. The van der Waals surface area contributed by atoms with Gasteiger partial charge in [0.15, 0.2) is 5.69 Å². The topological polar surface area (TPSA) is 67.5 Å². The van der Waals surface area contributed by atoms with Crippen LogP contribution in [0.4, 0.5) is 0 Å². The van der Waals surface area contributed by atoms with Crippen LogP contribution in [-0.4, -0.2) is 25.4 Å². The molecule has 0 spiro atoms. The Hall–Kier alpha value is -1.91. The van der Waals surface area contributed by atoms with Crippen molar-refractivity contribution in [1.82, 2.24) is 14.4 Å². The van der Waals surface area contributed by atoms with Crippen LogP contribution in [0.15, 0.2) is 12.3 Å². The maximum absolute atomic E-state index is 10.8. The number of hydrogen-bond acceptors (Lipinski definition) is 3. The van der Waals surface area contributed by atoms with E-state index in [1.807, 2.05) is 13.0 Å². The molecule has 0 atom stereocenters. The Bertz CT molecular complexity index is 572. The first-order valence-electron chi connectivity index (χ1n) is 5.56. The molecule has 0 saturated heterocycles. The van der Waals surface area contributed by atoms with E-state index in [0.29, 0.717) is 11.6 Å². The summed E-state index contributed by atoms with van der Waals surface area (Å²) in [4.78, 5) is 19.4. The van der Waals surface area contributed by atoms with Gasteiger partial charge in [0.25, 0.3) is 0 Å². The molecule has 1 N–H and O–H groups in total. The summed E-state index contributed by atoms with van der Waals surface area (Å²) < 4.78 is 1.70. The lowest BCUT2D eigenvalue weighted by Crippen LogP contribution is -2.02. The van der Waals surface area contributed by atoms with E-state index in [1.165, 1.54) is 6.20 Å². The van der Waals surface area contributed by atoms with Gasteiger partial charge in [0, 0.05) is 18.0 Å². The van der Waals surface area contributed by atoms with Gasteiger partial charge in [-0.2, -0.15) is 0 Å². The second kappa shape index (κ2) is 4.16. The average Bonchev–Trinajstić information content (AvgIpc) is 2.60. The highest BCUT2D eigenvalue weighted by Crippen LogP contribution is 2.12. The summed E-state index contributed by atoms with van der Waals surface area (Å²) in [6.45, 7) is 6.09. The van der Waals surface area contributed by atoms with E-state index in [-0.39, 0.29) is 5.69 Å². The number of carboxylic acid groups (broad SMARTS) is 1. The monoisotopic (exact) mass is 233 g/mol. The molecular formula is C12H15N3O2. The van der Waals surface area contributed by atoms with Crippen LogP contribution in [0.25, 0.3) is 5.65 Å². The minimum absolute atomic E-state index is 0.0524. The second-order valence-corrected chi connectivity index (χ2v) is 4.55. The number of carboxylic acids is 1. The van der Waals surface area contributed by atoms with Crippen molar-refractivity contribution < 1.29 is 9.90 Å². The number of fused-ring (bicyclic) bond motifs is 1. The van der Waals surface area contributed by atoms with Crippen molar-refractivity contribution in [2.75, 3.05) is 0 Å². The van der Waals surface area contributed by atoms with Crippen LogP contribution in [0, 0.1) is 12.8 Å². The Labute approximate surface area is 99.1 Å². The Morgan fingerprint density at radius 3 is 2.76 bits per heavy atom. The number of aromatic carboxylic acids is 1. The first kappa shape index (κ1) is 11.6. The minimum atomic E-state index is -1.02. The lowest BCUT2D eigenvalue weighted by Gasteiger charge is -2.06. The van der Waals surface area contributed by atoms with Gasteiger partial charge < -0.3 is 5.11 Å². The van der Waals surface area contributed by atoms with Crippen LogP contribution < -0.4 is 0 Å². The fraction of sp³-hybridized carbons (Fsp3) is 0.417. The van der Waals surface area contributed by atoms with Crippen molar-refractivity contribution >= 4 is 11.6 Å². The van der Waals surface area contributed by atoms with E-state index < -0.39 is 5.97 Å². The standard InChI is InChI=1S/C12H15N3O2/c1-7(2)4-9-5-11-14-10(12(16)17)6-15(11)8(3)13-9/h5-7H,4H2,1-3H3,(H,16,17). The summed E-state index contributed by atoms with van der Waals surface area (Å²) >= 11 is 0. The van der Waals surface area contributed by atoms with E-state index in [0.717, 1.165) is 17.9 Å². The zero-order valence-corrected chi connectivity index (χ0v) is 10.1. The number of carbonyl (C=O) groups is 1. The number of hydrogen-bond donors (Lipinski definition) is 1. The lowest BCUT2D eigenvalue weighted by atomic mass is 10.1. The highest BCUT2D eigenvalue weighted by molar-refractivity contribution is 5.86. The first-order chi connectivity index (χ1) is 7.97. The van der Waals surface area contributed by atoms with E-state index in [2.05, 4.69) is 23.8 Å². The summed E-state index contributed by atoms with van der Waals surface area (Å²) in [5.41, 5.74) is 1.65. The number of rotatable bonds is 3. The molecule has 2 aromatic heterocycles. The van der Waals surface area contributed by atoms with Gasteiger partial charge in [0.1, 0.15) is 11.5 Å². The molecule has 0 fully saturated rings. The highest BCUT2D eigenvalue weighted by Gasteiger charge is 2.11. The predicted octanol–water partition coefficient (Wildman–Crippen LogP) is 1.93. The summed E-state index contributed by atoms with van der Waals surface area (Å²) in [6, 6.07) is 1.85. The number of nitrogens with zero attached hydrogens (tertiary/aromatic N) is 3. The van der Waals surface area contributed by atoms with E-state index >= 15 is 0 Å². The summed E-state index contributed by atoms with van der Waals surface area (Å²) in [6.07, 6.45) is 2.37. The molecule has 90 valence electrons. The molecule has 0 unspecified atom stereocenters. The molecule has 0 aromatic carbocycles. The zero-order valence-electron chi connectivity index (χ0n) is 10.1. The molecule has 2 rings (SSSR count). The van der Waals surface area contributed by atoms with Crippen molar-refractivity contribution in [3.05, 3.63) is 29.5 Å². The van der Waals surface area contributed by atoms with E-state index in [9.17, 15) is 4.79 Å². The third-order valence-electron chi connectivity index (χ3n) is 2.52. The van der Waals surface area contributed by atoms with Crippen molar-refractivity contribution in [1.29, 1.82) is 0 Å². The molecule has 5 heteroatoms. The van der Waals surface area contributed by atoms with Gasteiger partial charge in [0.2, 0.25) is 0 Å². The third-order valence-corrected chi connectivity index (χ3v) is 2.52. The summed E-state index contributed by atoms with van der Waals surface area (Å²) in [5.74, 6) is 0.259. The average molecular weight is 233 g/mol. The Morgan fingerprint density at radius 1 is 1.47 bits per heavy atom. The van der Waals surface area contributed by atoms with E-state index in [1.54, 1.807) is 4.40 Å². The Kier molecular flexibility index (Phi) is 2.83. The fourth-order valence-electron chi connectivity index (χ4n) is 1.82. The van der Waals surface area contributed by atoms with Gasteiger partial charge in [-0.25, -0.2) is 14.8 Å². The molecule has 2 aromatic rings. The molecule has 5 nitrogen and oxygen atoms in total. The molecule has 17 heavy (non-hydrogen) atoms. The van der Waals surface area contributed by atoms with Crippen LogP contribution in [0.2, 0.25) is 0 Å². The number of aryl methyl sites for hydroxylation is 1. The normalized spacial score (nSPS) is 11.3. The summed E-state index contributed by atoms with van der Waals surface area (Å²) in [7, 11) is 0. The van der Waals surface area contributed by atoms with Gasteiger partial charge in [-0.15, -0.1) is 0 Å². The van der Waals surface area contributed by atoms with Gasteiger partial charge in [-0.05, 0) is 19.3 Å². The smallest absolute Gasteiger partial charge is 0.356 e. The van der Waals surface area contributed by atoms with Crippen molar-refractivity contribution in [2.24, 2.45) is 5.92 Å². The third kappa shape index (κ3) is 2.27. The fourth-order valence-corrected chi connectivity index (χ4v) is 1.82. The van der Waals surface area contributed by atoms with Gasteiger partial charge >= 0.3 is 5.97 Å². The summed E-state index contributed by atoms with van der Waals surface area (Å²) in [5, 5.41) is 8.90. The maximum atomic E-state index is 10.8. The highest BCUT2D eigenvalue weighted by atomic mass is 16.4. The molecule has 0 saturated carbocycles. The maximum Gasteiger partial charge on any atom is 0.356 e. The largest absolute Gasteiger partial charge is 0.476 e. The molecular weight excluding hydrogens is 218 g/mol. The van der Waals surface area contributed by atoms with Gasteiger partial charge in [0.05, 0.1) is 0 Å². The molecule has 0 radical (unpaired) electrons. The molecule has 0 aliphatic carbocycles. The lowest BCUT2D eigenvalue weighted by molar-refractivity contribution is 0.0691. The quantitative estimate of drug-likeness (QED) is 0.879. The minimum Gasteiger partial charge on any atom is -0.476 e. The Morgan fingerprint density at radius 2 is 2.18 bits per heavy atom. The Balaban J connectivity index is 2.53. The SMILES string of the molecule is Cc1nc(CC(C)C)cc2nc(C(=O)O)cn12. The molecule has 0 aliphatic heterocycles. The second-order valence-electron chi connectivity index (χ2n) is 4.55. The van der Waals surface area contributed by atoms with Crippen LogP contribution in [0.5, 0.6) is 0 Å². The molecule has 0 amide bonds. The van der Waals surface area contributed by atoms with Crippen LogP contribution >= 0.6 is 0 Å². The van der Waals surface area contributed by atoms with Crippen LogP contribution in [-0.2, 0) is 6.42 Å². The first-order valence-corrected chi connectivity index (χ1v) is 5.56. The van der Waals surface area contributed by atoms with Crippen molar-refractivity contribution in [3.63, 3.8) is 0 Å².